The number of likely N-dealkylation sites (N-methyl/N-ethyl adjacent to an activating group) is 1. The Hall–Kier alpha value is -1.86. The van der Waals surface area contributed by atoms with Crippen LogP contribution in [0.2, 0.25) is 0 Å². The molecule has 136 valence electrons. The molecule has 0 saturated heterocycles. The average Bonchev–Trinajstić information content (AvgIpc) is 2.91. The fourth-order valence-electron chi connectivity index (χ4n) is 3.46. The lowest BCUT2D eigenvalue weighted by molar-refractivity contribution is -0.122. The second kappa shape index (κ2) is 6.80. The minimum atomic E-state index is -3.22. The first-order valence-electron chi connectivity index (χ1n) is 8.57. The summed E-state index contributed by atoms with van der Waals surface area (Å²) in [5.74, 6) is -0.230. The number of nitrogens with zero attached hydrogens (tertiary/aromatic N) is 1. The Kier molecular flexibility index (Phi) is 4.88. The zero-order valence-corrected chi connectivity index (χ0v) is 15.7. The van der Waals surface area contributed by atoms with Gasteiger partial charge in [0.1, 0.15) is 0 Å². The molecule has 1 aromatic heterocycles. The van der Waals surface area contributed by atoms with E-state index >= 15 is 0 Å². The van der Waals surface area contributed by atoms with Gasteiger partial charge in [-0.1, -0.05) is 11.6 Å². The van der Waals surface area contributed by atoms with Crippen LogP contribution in [0.1, 0.15) is 35.6 Å². The largest absolute Gasteiger partial charge is 0.357 e. The summed E-state index contributed by atoms with van der Waals surface area (Å²) in [6.07, 6.45) is 3.94. The topological polar surface area (TPSA) is 82.3 Å². The van der Waals surface area contributed by atoms with Gasteiger partial charge < -0.3 is 10.3 Å². The number of carbonyl (C=O) groups is 1. The predicted octanol–water partition coefficient (Wildman–Crippen LogP) is 1.90. The van der Waals surface area contributed by atoms with Crippen molar-refractivity contribution in [1.29, 1.82) is 0 Å². The van der Waals surface area contributed by atoms with Crippen LogP contribution < -0.4 is 5.32 Å². The van der Waals surface area contributed by atoms with E-state index < -0.39 is 10.0 Å². The highest BCUT2D eigenvalue weighted by Gasteiger charge is 2.29. The number of fused-ring (bicyclic) bond motifs is 3. The van der Waals surface area contributed by atoms with Gasteiger partial charge in [-0.3, -0.25) is 4.79 Å². The first-order chi connectivity index (χ1) is 11.8. The molecular formula is C18H25N3O3S. The number of aromatic nitrogens is 1. The first kappa shape index (κ1) is 17.9. The van der Waals surface area contributed by atoms with Crippen molar-refractivity contribution in [1.82, 2.24) is 14.6 Å². The molecule has 3 rings (SSSR count). The molecule has 0 saturated carbocycles. The number of aryl methyl sites for hydroxylation is 2. The summed E-state index contributed by atoms with van der Waals surface area (Å²) >= 11 is 0. The van der Waals surface area contributed by atoms with Crippen molar-refractivity contribution in [3.63, 3.8) is 0 Å². The number of hydrogen-bond donors (Lipinski definition) is 2. The molecule has 7 heteroatoms. The van der Waals surface area contributed by atoms with Crippen LogP contribution in [0.3, 0.4) is 0 Å². The van der Waals surface area contributed by atoms with Crippen molar-refractivity contribution in [2.24, 2.45) is 0 Å². The van der Waals surface area contributed by atoms with Crippen LogP contribution in [0.15, 0.2) is 18.2 Å². The van der Waals surface area contributed by atoms with Gasteiger partial charge in [0.25, 0.3) is 0 Å². The summed E-state index contributed by atoms with van der Waals surface area (Å²) in [5, 5.41) is 4.10. The summed E-state index contributed by atoms with van der Waals surface area (Å²) in [4.78, 5) is 16.1. The van der Waals surface area contributed by atoms with Crippen LogP contribution >= 0.6 is 0 Å². The van der Waals surface area contributed by atoms with Crippen molar-refractivity contribution >= 4 is 26.8 Å². The summed E-state index contributed by atoms with van der Waals surface area (Å²) in [6.45, 7) is 2.66. The number of rotatable bonds is 5. The zero-order chi connectivity index (χ0) is 18.2. The molecule has 0 aliphatic heterocycles. The lowest BCUT2D eigenvalue weighted by Gasteiger charge is -2.22. The Balaban J connectivity index is 1.74. The van der Waals surface area contributed by atoms with Crippen LogP contribution in [0.4, 0.5) is 0 Å². The maximum absolute atomic E-state index is 12.6. The number of nitrogens with one attached hydrogen (secondary N) is 2. The smallest absolute Gasteiger partial charge is 0.229 e. The fraction of sp³-hybridized carbons (Fsp3) is 0.500. The Morgan fingerprint density at radius 3 is 2.88 bits per heavy atom. The van der Waals surface area contributed by atoms with E-state index in [2.05, 4.69) is 35.4 Å². The van der Waals surface area contributed by atoms with Gasteiger partial charge in [0.05, 0.1) is 12.2 Å². The number of hydrogen-bond acceptors (Lipinski definition) is 3. The Morgan fingerprint density at radius 2 is 2.16 bits per heavy atom. The van der Waals surface area contributed by atoms with Crippen LogP contribution in [-0.4, -0.2) is 50.0 Å². The Bertz CT molecular complexity index is 902. The monoisotopic (exact) mass is 363 g/mol. The predicted molar refractivity (Wildman–Crippen MR) is 99.2 cm³/mol. The summed E-state index contributed by atoms with van der Waals surface area (Å²) in [5.41, 5.74) is 4.55. The molecule has 0 bridgehead atoms. The van der Waals surface area contributed by atoms with Crippen molar-refractivity contribution in [2.75, 3.05) is 26.4 Å². The van der Waals surface area contributed by atoms with E-state index in [1.807, 2.05) is 0 Å². The highest BCUT2D eigenvalue weighted by molar-refractivity contribution is 7.88. The summed E-state index contributed by atoms with van der Waals surface area (Å²) in [6, 6.07) is 6.31. The summed E-state index contributed by atoms with van der Waals surface area (Å²) in [7, 11) is -1.71. The van der Waals surface area contributed by atoms with Crippen molar-refractivity contribution in [2.45, 2.75) is 32.1 Å². The second-order valence-corrected chi connectivity index (χ2v) is 8.98. The maximum Gasteiger partial charge on any atom is 0.229 e. The van der Waals surface area contributed by atoms with Crippen LogP contribution in [0.5, 0.6) is 0 Å². The third-order valence-corrected chi connectivity index (χ3v) is 6.29. The number of benzene rings is 1. The van der Waals surface area contributed by atoms with E-state index in [0.717, 1.165) is 36.7 Å². The minimum Gasteiger partial charge on any atom is -0.357 e. The molecule has 1 aliphatic carbocycles. The molecule has 0 fully saturated rings. The normalized spacial score (nSPS) is 17.7. The molecule has 1 atom stereocenters. The van der Waals surface area contributed by atoms with Gasteiger partial charge in [0.15, 0.2) is 0 Å². The molecular weight excluding hydrogens is 338 g/mol. The lowest BCUT2D eigenvalue weighted by atomic mass is 9.86. The van der Waals surface area contributed by atoms with E-state index in [4.69, 9.17) is 0 Å². The Labute approximate surface area is 148 Å². The van der Waals surface area contributed by atoms with Gasteiger partial charge in [0.2, 0.25) is 15.9 Å². The van der Waals surface area contributed by atoms with Crippen LogP contribution in [-0.2, 0) is 21.2 Å². The van der Waals surface area contributed by atoms with E-state index in [1.54, 1.807) is 0 Å². The quantitative estimate of drug-likeness (QED) is 0.851. The van der Waals surface area contributed by atoms with Gasteiger partial charge in [-0.25, -0.2) is 12.7 Å². The molecule has 1 amide bonds. The molecule has 6 nitrogen and oxygen atoms in total. The molecule has 25 heavy (non-hydrogen) atoms. The van der Waals surface area contributed by atoms with Gasteiger partial charge >= 0.3 is 0 Å². The highest BCUT2D eigenvalue weighted by Crippen LogP contribution is 2.36. The molecule has 1 heterocycles. The highest BCUT2D eigenvalue weighted by atomic mass is 32.2. The van der Waals surface area contributed by atoms with Crippen LogP contribution in [0.25, 0.3) is 10.9 Å². The molecule has 2 aromatic rings. The van der Waals surface area contributed by atoms with Crippen molar-refractivity contribution in [3.8, 4) is 0 Å². The summed E-state index contributed by atoms with van der Waals surface area (Å²) < 4.78 is 24.1. The van der Waals surface area contributed by atoms with Gasteiger partial charge in [0, 0.05) is 36.7 Å². The second-order valence-electron chi connectivity index (χ2n) is 6.89. The minimum absolute atomic E-state index is 0.0360. The molecule has 0 radical (unpaired) electrons. The SMILES string of the molecule is Cc1ccc2[nH]c3c(c2c1)CCC[C@H]3C(=O)NCCN(C)S(C)(=O)=O. The zero-order valence-electron chi connectivity index (χ0n) is 14.9. The number of aromatic amines is 1. The van der Waals surface area contributed by atoms with Crippen molar-refractivity contribution < 1.29 is 13.2 Å². The number of amides is 1. The van der Waals surface area contributed by atoms with Gasteiger partial charge in [-0.2, -0.15) is 0 Å². The van der Waals surface area contributed by atoms with E-state index in [0.29, 0.717) is 6.54 Å². The molecule has 0 spiro atoms. The third-order valence-electron chi connectivity index (χ3n) is 4.97. The molecule has 1 aliphatic rings. The number of sulfonamides is 1. The Morgan fingerprint density at radius 1 is 1.40 bits per heavy atom. The van der Waals surface area contributed by atoms with Crippen molar-refractivity contribution in [3.05, 3.63) is 35.0 Å². The lowest BCUT2D eigenvalue weighted by Crippen LogP contribution is -2.38. The van der Waals surface area contributed by atoms with E-state index in [-0.39, 0.29) is 18.4 Å². The fourth-order valence-corrected chi connectivity index (χ4v) is 3.89. The van der Waals surface area contributed by atoms with Crippen LogP contribution in [0, 0.1) is 6.92 Å². The molecule has 0 unspecified atom stereocenters. The average molecular weight is 363 g/mol. The maximum atomic E-state index is 12.6. The third kappa shape index (κ3) is 3.72. The standard InChI is InChI=1S/C18H25N3O3S/c1-12-7-8-16-15(11-12)13-5-4-6-14(17(13)20-16)18(22)19-9-10-21(2)25(3,23)24/h7-8,11,14,20H,4-6,9-10H2,1-3H3,(H,19,22)/t14-/m1/s1. The van der Waals surface area contributed by atoms with Gasteiger partial charge in [-0.15, -0.1) is 0 Å². The van der Waals surface area contributed by atoms with E-state index in [9.17, 15) is 13.2 Å². The van der Waals surface area contributed by atoms with Gasteiger partial charge in [-0.05, 0) is 43.9 Å². The molecule has 2 N–H and O–H groups in total. The number of carbonyl (C=O) groups excluding carboxylic acids is 1. The number of H-pyrrole nitrogens is 1. The van der Waals surface area contributed by atoms with E-state index in [1.165, 1.54) is 27.9 Å². The first-order valence-corrected chi connectivity index (χ1v) is 10.4. The molecule has 1 aromatic carbocycles.